The summed E-state index contributed by atoms with van der Waals surface area (Å²) in [5, 5.41) is 0. The van der Waals surface area contributed by atoms with Crippen LogP contribution in [0.1, 0.15) is 239 Å². The minimum absolute atomic E-state index is 0.107. The highest BCUT2D eigenvalue weighted by molar-refractivity contribution is 5.71. The Bertz CT molecular complexity index is 1380. The highest BCUT2D eigenvalue weighted by Gasteiger charge is 2.19. The Morgan fingerprint density at radius 1 is 0.304 bits per heavy atom. The Morgan fingerprint density at radius 2 is 0.565 bits per heavy atom. The molecule has 390 valence electrons. The molecule has 0 spiro atoms. The van der Waals surface area contributed by atoms with Crippen LogP contribution in [0.5, 0.6) is 0 Å². The van der Waals surface area contributed by atoms with Crippen molar-refractivity contribution in [1.82, 2.24) is 0 Å². The van der Waals surface area contributed by atoms with E-state index in [9.17, 15) is 14.4 Å². The van der Waals surface area contributed by atoms with E-state index >= 15 is 0 Å². The molecular formula is C63H102O6. The second-order valence-electron chi connectivity index (χ2n) is 18.1. The zero-order valence-corrected chi connectivity index (χ0v) is 44.5. The maximum atomic E-state index is 12.8. The molecule has 0 aromatic heterocycles. The van der Waals surface area contributed by atoms with Gasteiger partial charge in [-0.1, -0.05) is 232 Å². The number of rotatable bonds is 49. The Hall–Kier alpha value is -4.19. The Morgan fingerprint density at radius 3 is 0.884 bits per heavy atom. The van der Waals surface area contributed by atoms with Crippen LogP contribution in [0.3, 0.4) is 0 Å². The molecule has 0 bridgehead atoms. The number of allylic oxidation sites excluding steroid dienone is 20. The predicted octanol–water partition coefficient (Wildman–Crippen LogP) is 18.9. The summed E-state index contributed by atoms with van der Waals surface area (Å²) in [6.07, 6.45) is 77.5. The van der Waals surface area contributed by atoms with Crippen molar-refractivity contribution in [3.63, 3.8) is 0 Å². The molecule has 0 N–H and O–H groups in total. The molecule has 6 heteroatoms. The number of ether oxygens (including phenoxy) is 3. The average molecular weight is 956 g/mol. The first kappa shape index (κ1) is 64.8. The SMILES string of the molecule is CC/C=C\C/C=C\C/C=C\C/C=C\C/C=C\CCCCCC(=O)OCC(COC(=O)CCCCC/C=C\C/C=C\C/C=C\C/C=C\C/C=C\CC)OC(=O)CCCCCCCCCCCCCCC. The zero-order chi connectivity index (χ0) is 50.0. The molecule has 0 atom stereocenters. The minimum Gasteiger partial charge on any atom is -0.462 e. The van der Waals surface area contributed by atoms with Crippen molar-refractivity contribution in [1.29, 1.82) is 0 Å². The normalized spacial score (nSPS) is 12.6. The van der Waals surface area contributed by atoms with E-state index in [1.54, 1.807) is 0 Å². The number of carbonyl (C=O) groups excluding carboxylic acids is 3. The summed E-state index contributed by atoms with van der Waals surface area (Å²) in [6.45, 7) is 6.35. The molecule has 0 radical (unpaired) electrons. The van der Waals surface area contributed by atoms with Crippen molar-refractivity contribution >= 4 is 17.9 Å². The van der Waals surface area contributed by atoms with Gasteiger partial charge in [-0.05, 0) is 109 Å². The molecule has 0 amide bonds. The lowest BCUT2D eigenvalue weighted by Gasteiger charge is -2.18. The van der Waals surface area contributed by atoms with Crippen molar-refractivity contribution in [2.75, 3.05) is 13.2 Å². The monoisotopic (exact) mass is 955 g/mol. The highest BCUT2D eigenvalue weighted by Crippen LogP contribution is 2.14. The fourth-order valence-electron chi connectivity index (χ4n) is 7.32. The average Bonchev–Trinajstić information content (AvgIpc) is 3.35. The number of hydrogen-bond donors (Lipinski definition) is 0. The molecule has 6 nitrogen and oxygen atoms in total. The molecule has 0 aliphatic rings. The molecule has 0 fully saturated rings. The topological polar surface area (TPSA) is 78.9 Å². The Balaban J connectivity index is 4.50. The highest BCUT2D eigenvalue weighted by atomic mass is 16.6. The van der Waals surface area contributed by atoms with Gasteiger partial charge in [0.05, 0.1) is 0 Å². The van der Waals surface area contributed by atoms with E-state index in [1.165, 1.54) is 64.2 Å². The molecule has 0 aliphatic carbocycles. The second-order valence-corrected chi connectivity index (χ2v) is 18.1. The van der Waals surface area contributed by atoms with Crippen LogP contribution in [0.2, 0.25) is 0 Å². The van der Waals surface area contributed by atoms with Crippen LogP contribution in [0.15, 0.2) is 122 Å². The first-order valence-corrected chi connectivity index (χ1v) is 28.0. The summed E-state index contributed by atoms with van der Waals surface area (Å²) in [6, 6.07) is 0. The van der Waals surface area contributed by atoms with E-state index in [-0.39, 0.29) is 31.1 Å². The largest absolute Gasteiger partial charge is 0.462 e. The first-order chi connectivity index (χ1) is 34.0. The number of carbonyl (C=O) groups is 3. The lowest BCUT2D eigenvalue weighted by Crippen LogP contribution is -2.30. The summed E-state index contributed by atoms with van der Waals surface area (Å²) < 4.78 is 16.8. The number of hydrogen-bond acceptors (Lipinski definition) is 6. The van der Waals surface area contributed by atoms with Crippen LogP contribution in [0.25, 0.3) is 0 Å². The maximum Gasteiger partial charge on any atom is 0.306 e. The van der Waals surface area contributed by atoms with Gasteiger partial charge < -0.3 is 14.2 Å². The molecule has 0 saturated heterocycles. The predicted molar refractivity (Wildman–Crippen MR) is 297 cm³/mol. The molecule has 0 aromatic rings. The van der Waals surface area contributed by atoms with Gasteiger partial charge in [0.1, 0.15) is 13.2 Å². The molecule has 0 heterocycles. The fraction of sp³-hybridized carbons (Fsp3) is 0.635. The van der Waals surface area contributed by atoms with E-state index < -0.39 is 6.10 Å². The lowest BCUT2D eigenvalue weighted by atomic mass is 10.0. The molecule has 0 aromatic carbocycles. The quantitative estimate of drug-likeness (QED) is 0.0262. The summed E-state index contributed by atoms with van der Waals surface area (Å²) in [5.74, 6) is -0.970. The Kier molecular flexibility index (Phi) is 53.0. The first-order valence-electron chi connectivity index (χ1n) is 28.0. The summed E-state index contributed by atoms with van der Waals surface area (Å²) >= 11 is 0. The fourth-order valence-corrected chi connectivity index (χ4v) is 7.32. The van der Waals surface area contributed by atoms with Gasteiger partial charge in [-0.2, -0.15) is 0 Å². The van der Waals surface area contributed by atoms with Crippen molar-refractivity contribution in [2.45, 2.75) is 245 Å². The van der Waals surface area contributed by atoms with Gasteiger partial charge in [-0.25, -0.2) is 0 Å². The Labute approximate surface area is 424 Å². The summed E-state index contributed by atoms with van der Waals surface area (Å²) in [4.78, 5) is 38.1. The van der Waals surface area contributed by atoms with Crippen LogP contribution in [-0.4, -0.2) is 37.2 Å². The van der Waals surface area contributed by atoms with Crippen LogP contribution in [0, 0.1) is 0 Å². The van der Waals surface area contributed by atoms with Gasteiger partial charge in [-0.15, -0.1) is 0 Å². The van der Waals surface area contributed by atoms with Crippen molar-refractivity contribution in [3.8, 4) is 0 Å². The number of unbranched alkanes of at least 4 members (excludes halogenated alkanes) is 18. The van der Waals surface area contributed by atoms with E-state index in [4.69, 9.17) is 14.2 Å². The van der Waals surface area contributed by atoms with Crippen molar-refractivity contribution in [2.24, 2.45) is 0 Å². The maximum absolute atomic E-state index is 12.8. The third-order valence-electron chi connectivity index (χ3n) is 11.5. The lowest BCUT2D eigenvalue weighted by molar-refractivity contribution is -0.167. The smallest absolute Gasteiger partial charge is 0.306 e. The molecule has 0 saturated carbocycles. The summed E-state index contributed by atoms with van der Waals surface area (Å²) in [7, 11) is 0. The van der Waals surface area contributed by atoms with Crippen LogP contribution >= 0.6 is 0 Å². The summed E-state index contributed by atoms with van der Waals surface area (Å²) in [5.41, 5.74) is 0. The van der Waals surface area contributed by atoms with E-state index in [0.717, 1.165) is 135 Å². The molecule has 69 heavy (non-hydrogen) atoms. The van der Waals surface area contributed by atoms with E-state index in [1.807, 2.05) is 0 Å². The standard InChI is InChI=1S/C63H102O6/c1-4-7-10-13-16-19-22-25-27-29-31-33-35-38-40-43-46-49-52-55-61(64)67-58-60(69-63(66)57-54-51-48-45-42-37-24-21-18-15-12-9-6-3)59-68-62(65)56-53-50-47-44-41-39-36-34-32-30-28-26-23-20-17-14-11-8-5-2/h7-8,10-11,16-17,19-20,25-28,31-34,38-41,60H,4-6,9,12-15,18,21-24,29-30,35-37,42-59H2,1-3H3/b10-7-,11-8-,19-16-,20-17-,27-25-,28-26-,33-31-,34-32-,40-38-,41-39-. The van der Waals surface area contributed by atoms with Crippen LogP contribution in [-0.2, 0) is 28.6 Å². The van der Waals surface area contributed by atoms with Gasteiger partial charge in [0.25, 0.3) is 0 Å². The minimum atomic E-state index is -0.807. The van der Waals surface area contributed by atoms with Gasteiger partial charge >= 0.3 is 17.9 Å². The van der Waals surface area contributed by atoms with Gasteiger partial charge in [0, 0.05) is 19.3 Å². The van der Waals surface area contributed by atoms with Crippen LogP contribution < -0.4 is 0 Å². The zero-order valence-electron chi connectivity index (χ0n) is 44.5. The molecule has 0 unspecified atom stereocenters. The van der Waals surface area contributed by atoms with E-state index in [0.29, 0.717) is 19.3 Å². The second kappa shape index (κ2) is 56.4. The molecule has 0 aliphatic heterocycles. The third-order valence-corrected chi connectivity index (χ3v) is 11.5. The van der Waals surface area contributed by atoms with Crippen LogP contribution in [0.4, 0.5) is 0 Å². The van der Waals surface area contributed by atoms with E-state index in [2.05, 4.69) is 142 Å². The number of esters is 3. The van der Waals surface area contributed by atoms with Crippen molar-refractivity contribution in [3.05, 3.63) is 122 Å². The van der Waals surface area contributed by atoms with Gasteiger partial charge in [0.15, 0.2) is 6.10 Å². The molecule has 0 rings (SSSR count). The van der Waals surface area contributed by atoms with Crippen molar-refractivity contribution < 1.29 is 28.6 Å². The third kappa shape index (κ3) is 54.6. The molecular weight excluding hydrogens is 853 g/mol. The van der Waals surface area contributed by atoms with Gasteiger partial charge in [0.2, 0.25) is 0 Å². The van der Waals surface area contributed by atoms with Gasteiger partial charge in [-0.3, -0.25) is 14.4 Å².